The molecule has 0 bridgehead atoms. The van der Waals surface area contributed by atoms with E-state index in [4.69, 9.17) is 0 Å². The molecule has 10 heteroatoms. The second-order valence-corrected chi connectivity index (χ2v) is 8.92. The molecule has 4 rings (SSSR count). The van der Waals surface area contributed by atoms with E-state index in [9.17, 15) is 22.0 Å². The normalized spacial score (nSPS) is 15.4. The van der Waals surface area contributed by atoms with Gasteiger partial charge < -0.3 is 10.2 Å². The minimum atomic E-state index is -4.04. The first-order chi connectivity index (χ1) is 14.8. The largest absolute Gasteiger partial charge is 0.322 e. The van der Waals surface area contributed by atoms with Crippen LogP contribution in [0.4, 0.5) is 26.0 Å². The number of anilines is 3. The maximum atomic E-state index is 13.8. The zero-order valence-corrected chi connectivity index (χ0v) is 17.2. The molecule has 160 valence electrons. The van der Waals surface area contributed by atoms with Gasteiger partial charge in [0.1, 0.15) is 16.5 Å². The highest BCUT2D eigenvalue weighted by Gasteiger charge is 2.38. The van der Waals surface area contributed by atoms with Gasteiger partial charge in [0, 0.05) is 18.0 Å². The summed E-state index contributed by atoms with van der Waals surface area (Å²) in [7, 11) is -4.04. The van der Waals surface area contributed by atoms with Gasteiger partial charge in [-0.3, -0.25) is 4.79 Å². The molecule has 0 saturated carbocycles. The molecule has 0 unspecified atom stereocenters. The Morgan fingerprint density at radius 1 is 1.13 bits per heavy atom. The monoisotopic (exact) mass is 444 g/mol. The number of hydrogen-bond acceptors (Lipinski definition) is 5. The van der Waals surface area contributed by atoms with Crippen molar-refractivity contribution in [2.75, 3.05) is 23.4 Å². The van der Waals surface area contributed by atoms with Gasteiger partial charge in [0.2, 0.25) is 15.9 Å². The summed E-state index contributed by atoms with van der Waals surface area (Å²) in [6, 6.07) is 12.9. The topological polar surface area (TPSA) is 82.6 Å². The summed E-state index contributed by atoms with van der Waals surface area (Å²) in [5, 5.41) is 2.23. The van der Waals surface area contributed by atoms with Crippen LogP contribution in [-0.2, 0) is 14.8 Å². The molecule has 0 saturated heterocycles. The Hall–Kier alpha value is -3.37. The molecule has 0 aliphatic carbocycles. The van der Waals surface area contributed by atoms with Crippen LogP contribution in [0.5, 0.6) is 0 Å². The van der Waals surface area contributed by atoms with Crippen LogP contribution >= 0.6 is 0 Å². The van der Waals surface area contributed by atoms with Crippen molar-refractivity contribution in [2.24, 2.45) is 0 Å². The fraction of sp³-hybridized carbons (Fsp3) is 0.143. The first kappa shape index (κ1) is 20.9. The minimum Gasteiger partial charge on any atom is -0.322 e. The smallest absolute Gasteiger partial charge is 0.248 e. The summed E-state index contributed by atoms with van der Waals surface area (Å²) < 4.78 is 54.4. The summed E-state index contributed by atoms with van der Waals surface area (Å²) in [6.45, 7) is 1.17. The van der Waals surface area contributed by atoms with E-state index in [-0.39, 0.29) is 23.1 Å². The maximum absolute atomic E-state index is 13.8. The van der Waals surface area contributed by atoms with Gasteiger partial charge in [-0.05, 0) is 43.3 Å². The SMILES string of the molecule is Cc1ccc(N2CN(CC(=O)Nc3cc(F)ccc3F)S(=O)(=O)c3cccnc32)cc1. The number of sulfonamides is 1. The molecular weight excluding hydrogens is 426 g/mol. The number of hydrogen-bond donors (Lipinski definition) is 1. The lowest BCUT2D eigenvalue weighted by atomic mass is 10.2. The Morgan fingerprint density at radius 2 is 1.87 bits per heavy atom. The predicted octanol–water partition coefficient (Wildman–Crippen LogP) is 3.41. The van der Waals surface area contributed by atoms with Crippen LogP contribution in [0.25, 0.3) is 0 Å². The third kappa shape index (κ3) is 4.12. The average Bonchev–Trinajstić information content (AvgIpc) is 2.74. The highest BCUT2D eigenvalue weighted by Crippen LogP contribution is 2.36. The van der Waals surface area contributed by atoms with Gasteiger partial charge in [-0.1, -0.05) is 17.7 Å². The lowest BCUT2D eigenvalue weighted by Gasteiger charge is -2.36. The number of pyridine rings is 1. The lowest BCUT2D eigenvalue weighted by molar-refractivity contribution is -0.116. The van der Waals surface area contributed by atoms with Crippen molar-refractivity contribution in [3.63, 3.8) is 0 Å². The Labute approximate surface area is 178 Å². The molecule has 1 aliphatic heterocycles. The number of amides is 1. The Kier molecular flexibility index (Phi) is 5.42. The number of nitrogens with zero attached hydrogens (tertiary/aromatic N) is 3. The van der Waals surface area contributed by atoms with Gasteiger partial charge in [-0.25, -0.2) is 22.2 Å². The van der Waals surface area contributed by atoms with E-state index in [0.29, 0.717) is 5.69 Å². The Bertz CT molecular complexity index is 1250. The summed E-state index contributed by atoms with van der Waals surface area (Å²) in [5.74, 6) is -2.11. The van der Waals surface area contributed by atoms with Crippen molar-refractivity contribution in [1.29, 1.82) is 0 Å². The lowest BCUT2D eigenvalue weighted by Crippen LogP contribution is -2.47. The first-order valence-electron chi connectivity index (χ1n) is 9.30. The van der Waals surface area contributed by atoms with E-state index in [1.54, 1.807) is 4.90 Å². The number of aryl methyl sites for hydroxylation is 1. The van der Waals surface area contributed by atoms with E-state index in [0.717, 1.165) is 28.1 Å². The van der Waals surface area contributed by atoms with Gasteiger partial charge in [0.25, 0.3) is 0 Å². The van der Waals surface area contributed by atoms with Crippen molar-refractivity contribution in [1.82, 2.24) is 9.29 Å². The van der Waals surface area contributed by atoms with Crippen LogP contribution in [0.2, 0.25) is 0 Å². The number of rotatable bonds is 4. The van der Waals surface area contributed by atoms with E-state index >= 15 is 0 Å². The molecule has 0 fully saturated rings. The third-order valence-corrected chi connectivity index (χ3v) is 6.59. The van der Waals surface area contributed by atoms with Gasteiger partial charge >= 0.3 is 0 Å². The van der Waals surface area contributed by atoms with Gasteiger partial charge in [-0.2, -0.15) is 4.31 Å². The minimum absolute atomic E-state index is 0.0495. The average molecular weight is 444 g/mol. The zero-order chi connectivity index (χ0) is 22.2. The van der Waals surface area contributed by atoms with E-state index in [1.807, 2.05) is 31.2 Å². The summed E-state index contributed by atoms with van der Waals surface area (Å²) >= 11 is 0. The maximum Gasteiger partial charge on any atom is 0.248 e. The molecule has 0 spiro atoms. The summed E-state index contributed by atoms with van der Waals surface area (Å²) in [6.07, 6.45) is 1.49. The van der Waals surface area contributed by atoms with Crippen molar-refractivity contribution in [3.05, 3.63) is 78.0 Å². The highest BCUT2D eigenvalue weighted by molar-refractivity contribution is 7.89. The molecule has 1 N–H and O–H groups in total. The van der Waals surface area contributed by atoms with Crippen molar-refractivity contribution in [2.45, 2.75) is 11.8 Å². The van der Waals surface area contributed by atoms with Gasteiger partial charge in [0.05, 0.1) is 18.9 Å². The zero-order valence-electron chi connectivity index (χ0n) is 16.4. The first-order valence-corrected chi connectivity index (χ1v) is 10.7. The standard InChI is InChI=1S/C21H18F2N4O3S/c1-14-4-7-16(8-5-14)27-13-26(31(29,30)19-3-2-10-24-21(19)27)12-20(28)25-18-11-15(22)6-9-17(18)23/h2-11H,12-13H2,1H3,(H,25,28). The van der Waals surface area contributed by atoms with Crippen LogP contribution in [-0.4, -0.2) is 36.8 Å². The quantitative estimate of drug-likeness (QED) is 0.667. The molecule has 0 atom stereocenters. The van der Waals surface area contributed by atoms with E-state index < -0.39 is 34.1 Å². The molecule has 31 heavy (non-hydrogen) atoms. The fourth-order valence-corrected chi connectivity index (χ4v) is 4.71. The Morgan fingerprint density at radius 3 is 2.61 bits per heavy atom. The fourth-order valence-electron chi connectivity index (χ4n) is 3.23. The van der Waals surface area contributed by atoms with E-state index in [2.05, 4.69) is 10.3 Å². The highest BCUT2D eigenvalue weighted by atomic mass is 32.2. The number of carbonyl (C=O) groups excluding carboxylic acids is 1. The molecule has 3 aromatic rings. The molecule has 1 aliphatic rings. The van der Waals surface area contributed by atoms with Crippen molar-refractivity contribution < 1.29 is 22.0 Å². The number of nitrogens with one attached hydrogen (secondary N) is 1. The predicted molar refractivity (Wildman–Crippen MR) is 111 cm³/mol. The second kappa shape index (κ2) is 8.05. The Balaban J connectivity index is 1.65. The molecule has 1 amide bonds. The number of fused-ring (bicyclic) bond motifs is 1. The number of aromatic nitrogens is 1. The summed E-state index contributed by atoms with van der Waals surface area (Å²) in [4.78, 5) is 18.3. The second-order valence-electron chi connectivity index (χ2n) is 7.02. The molecule has 1 aromatic heterocycles. The number of benzene rings is 2. The van der Waals surface area contributed by atoms with Crippen LogP contribution in [0, 0.1) is 18.6 Å². The van der Waals surface area contributed by atoms with Crippen molar-refractivity contribution >= 4 is 33.1 Å². The van der Waals surface area contributed by atoms with Crippen LogP contribution in [0.1, 0.15) is 5.56 Å². The number of halogens is 2. The molecule has 0 radical (unpaired) electrons. The van der Waals surface area contributed by atoms with Crippen molar-refractivity contribution in [3.8, 4) is 0 Å². The molecule has 2 heterocycles. The van der Waals surface area contributed by atoms with Gasteiger partial charge in [0.15, 0.2) is 5.82 Å². The molecular formula is C21H18F2N4O3S. The molecule has 2 aromatic carbocycles. The van der Waals surface area contributed by atoms with Gasteiger partial charge in [-0.15, -0.1) is 0 Å². The van der Waals surface area contributed by atoms with Crippen LogP contribution in [0.3, 0.4) is 0 Å². The summed E-state index contributed by atoms with van der Waals surface area (Å²) in [5.41, 5.74) is 1.36. The third-order valence-electron chi connectivity index (χ3n) is 4.79. The van der Waals surface area contributed by atoms with E-state index in [1.165, 1.54) is 18.3 Å². The molecule has 7 nitrogen and oxygen atoms in total. The van der Waals surface area contributed by atoms with Crippen LogP contribution in [0.15, 0.2) is 65.7 Å². The van der Waals surface area contributed by atoms with Crippen LogP contribution < -0.4 is 10.2 Å². The number of carbonyl (C=O) groups is 1.